The summed E-state index contributed by atoms with van der Waals surface area (Å²) >= 11 is 1.64. The molecule has 2 N–H and O–H groups in total. The van der Waals surface area contributed by atoms with Crippen molar-refractivity contribution in [2.45, 2.75) is 0 Å². The molecule has 0 radical (unpaired) electrons. The highest BCUT2D eigenvalue weighted by molar-refractivity contribution is 7.16. The molecule has 0 aliphatic carbocycles. The summed E-state index contributed by atoms with van der Waals surface area (Å²) in [6.07, 6.45) is 3.34. The van der Waals surface area contributed by atoms with Gasteiger partial charge in [-0.25, -0.2) is 0 Å². The van der Waals surface area contributed by atoms with E-state index in [9.17, 15) is 9.59 Å². The number of ether oxygens (including phenoxy) is 1. The van der Waals surface area contributed by atoms with Gasteiger partial charge in [-0.05, 0) is 48.0 Å². The number of nitrogens with zero attached hydrogens (tertiary/aromatic N) is 1. The lowest BCUT2D eigenvalue weighted by Gasteiger charge is -2.25. The summed E-state index contributed by atoms with van der Waals surface area (Å²) in [5.41, 5.74) is 2.53. The Morgan fingerprint density at radius 1 is 0.906 bits per heavy atom. The van der Waals surface area contributed by atoms with Crippen molar-refractivity contribution in [1.29, 1.82) is 0 Å². The number of anilines is 2. The van der Waals surface area contributed by atoms with Crippen LogP contribution in [0.15, 0.2) is 72.8 Å². The molecule has 3 aromatic rings. The van der Waals surface area contributed by atoms with Gasteiger partial charge in [0.15, 0.2) is 0 Å². The van der Waals surface area contributed by atoms with Gasteiger partial charge in [-0.2, -0.15) is 0 Å². The van der Waals surface area contributed by atoms with Crippen LogP contribution in [0.4, 0.5) is 11.4 Å². The van der Waals surface area contributed by atoms with Gasteiger partial charge in [-0.1, -0.05) is 30.3 Å². The van der Waals surface area contributed by atoms with E-state index in [1.807, 2.05) is 30.3 Å². The van der Waals surface area contributed by atoms with E-state index in [0.717, 1.165) is 22.8 Å². The van der Waals surface area contributed by atoms with E-state index in [0.29, 0.717) is 31.1 Å². The van der Waals surface area contributed by atoms with Crippen molar-refractivity contribution in [3.8, 4) is 10.4 Å². The number of thiophene rings is 1. The average Bonchev–Trinajstić information content (AvgIpc) is 3.29. The molecule has 2 amide bonds. The zero-order chi connectivity index (χ0) is 22.2. The lowest BCUT2D eigenvalue weighted by atomic mass is 10.2. The van der Waals surface area contributed by atoms with Crippen LogP contribution in [-0.2, 0) is 14.3 Å². The third-order valence-corrected chi connectivity index (χ3v) is 6.09. The number of morpholine rings is 1. The van der Waals surface area contributed by atoms with Crippen molar-refractivity contribution in [3.63, 3.8) is 0 Å². The molecule has 0 bridgehead atoms. The summed E-state index contributed by atoms with van der Waals surface area (Å²) < 4.78 is 5.29. The molecule has 1 fully saturated rings. The van der Waals surface area contributed by atoms with E-state index >= 15 is 0 Å². The van der Waals surface area contributed by atoms with E-state index in [-0.39, 0.29) is 11.8 Å². The van der Waals surface area contributed by atoms with Gasteiger partial charge in [0, 0.05) is 40.3 Å². The number of hydrogen-bond donors (Lipinski definition) is 2. The Kier molecular flexibility index (Phi) is 7.45. The van der Waals surface area contributed by atoms with Crippen LogP contribution in [0.5, 0.6) is 0 Å². The first kappa shape index (κ1) is 22.0. The van der Waals surface area contributed by atoms with Gasteiger partial charge in [0.1, 0.15) is 0 Å². The number of carbonyl (C=O) groups is 2. The number of amides is 2. The molecule has 0 atom stereocenters. The summed E-state index contributed by atoms with van der Waals surface area (Å²) in [5, 5.41) is 5.73. The van der Waals surface area contributed by atoms with Gasteiger partial charge >= 0.3 is 0 Å². The molecule has 2 heterocycles. The number of benzene rings is 2. The summed E-state index contributed by atoms with van der Waals surface area (Å²) in [4.78, 5) is 28.7. The van der Waals surface area contributed by atoms with E-state index in [2.05, 4.69) is 33.7 Å². The maximum absolute atomic E-state index is 12.3. The molecule has 6 nitrogen and oxygen atoms in total. The van der Waals surface area contributed by atoms with E-state index < -0.39 is 0 Å². The Labute approximate surface area is 191 Å². The standard InChI is InChI=1S/C25H25N3O3S/c29-24(13-11-22-10-12-23(32-22)19-4-2-1-3-5-19)26-20-6-8-21(9-7-20)27-25(30)18-28-14-16-31-17-15-28/h1-13H,14-18H2,(H,26,29)(H,27,30)/b13-11+. The quantitative estimate of drug-likeness (QED) is 0.529. The van der Waals surface area contributed by atoms with Crippen LogP contribution in [-0.4, -0.2) is 49.6 Å². The van der Waals surface area contributed by atoms with E-state index in [1.165, 1.54) is 11.6 Å². The fourth-order valence-corrected chi connectivity index (χ4v) is 4.26. The number of nitrogens with one attached hydrogen (secondary N) is 2. The molecule has 7 heteroatoms. The second-order valence-electron chi connectivity index (χ2n) is 7.40. The number of hydrogen-bond acceptors (Lipinski definition) is 5. The zero-order valence-electron chi connectivity index (χ0n) is 17.6. The van der Waals surface area contributed by atoms with Crippen LogP contribution in [0, 0.1) is 0 Å². The lowest BCUT2D eigenvalue weighted by Crippen LogP contribution is -2.41. The first-order valence-electron chi connectivity index (χ1n) is 10.5. The van der Waals surface area contributed by atoms with Crippen LogP contribution in [0.25, 0.3) is 16.5 Å². The first-order chi connectivity index (χ1) is 15.7. The van der Waals surface area contributed by atoms with Gasteiger partial charge in [-0.3, -0.25) is 14.5 Å². The summed E-state index contributed by atoms with van der Waals surface area (Å²) in [5.74, 6) is -0.263. The second kappa shape index (κ2) is 10.9. The third kappa shape index (κ3) is 6.37. The minimum Gasteiger partial charge on any atom is -0.379 e. The van der Waals surface area contributed by atoms with E-state index in [1.54, 1.807) is 35.6 Å². The molecule has 0 spiro atoms. The Balaban J connectivity index is 1.26. The molecule has 4 rings (SSSR count). The van der Waals surface area contributed by atoms with Crippen molar-refractivity contribution in [3.05, 3.63) is 77.7 Å². The van der Waals surface area contributed by atoms with Gasteiger partial charge < -0.3 is 15.4 Å². The predicted molar refractivity (Wildman–Crippen MR) is 130 cm³/mol. The second-order valence-corrected chi connectivity index (χ2v) is 8.52. The van der Waals surface area contributed by atoms with Crippen LogP contribution in [0.2, 0.25) is 0 Å². The molecular weight excluding hydrogens is 422 g/mol. The topological polar surface area (TPSA) is 70.7 Å². The lowest BCUT2D eigenvalue weighted by molar-refractivity contribution is -0.118. The number of carbonyl (C=O) groups excluding carboxylic acids is 2. The Morgan fingerprint density at radius 2 is 1.59 bits per heavy atom. The maximum Gasteiger partial charge on any atom is 0.248 e. The van der Waals surface area contributed by atoms with Crippen LogP contribution >= 0.6 is 11.3 Å². The average molecular weight is 448 g/mol. The van der Waals surface area contributed by atoms with Crippen LogP contribution in [0.3, 0.4) is 0 Å². The smallest absolute Gasteiger partial charge is 0.248 e. The van der Waals surface area contributed by atoms with Crippen molar-refractivity contribution >= 4 is 40.6 Å². The predicted octanol–water partition coefficient (Wildman–Crippen LogP) is 4.34. The maximum atomic E-state index is 12.3. The van der Waals surface area contributed by atoms with Gasteiger partial charge in [0.05, 0.1) is 19.8 Å². The Hall–Kier alpha value is -3.26. The highest BCUT2D eigenvalue weighted by Gasteiger charge is 2.14. The molecule has 0 saturated carbocycles. The molecule has 0 unspecified atom stereocenters. The minimum atomic E-state index is -0.205. The van der Waals surface area contributed by atoms with Crippen molar-refractivity contribution in [2.75, 3.05) is 43.5 Å². The minimum absolute atomic E-state index is 0.0579. The molecule has 1 aliphatic heterocycles. The fraction of sp³-hybridized carbons (Fsp3) is 0.200. The molecule has 164 valence electrons. The Bertz CT molecular complexity index is 1070. The molecule has 1 aliphatic rings. The van der Waals surface area contributed by atoms with Gasteiger partial charge in [0.25, 0.3) is 0 Å². The molecule has 1 aromatic heterocycles. The Morgan fingerprint density at radius 3 is 2.31 bits per heavy atom. The normalized spacial score (nSPS) is 14.4. The van der Waals surface area contributed by atoms with Crippen LogP contribution < -0.4 is 10.6 Å². The van der Waals surface area contributed by atoms with Gasteiger partial charge in [-0.15, -0.1) is 11.3 Å². The molecule has 32 heavy (non-hydrogen) atoms. The molecular formula is C25H25N3O3S. The monoisotopic (exact) mass is 447 g/mol. The summed E-state index contributed by atoms with van der Waals surface area (Å²) in [6.45, 7) is 3.21. The zero-order valence-corrected chi connectivity index (χ0v) is 18.4. The highest BCUT2D eigenvalue weighted by Crippen LogP contribution is 2.28. The van der Waals surface area contributed by atoms with Crippen molar-refractivity contribution in [2.24, 2.45) is 0 Å². The van der Waals surface area contributed by atoms with Crippen molar-refractivity contribution < 1.29 is 14.3 Å². The highest BCUT2D eigenvalue weighted by atomic mass is 32.1. The number of rotatable bonds is 7. The first-order valence-corrected chi connectivity index (χ1v) is 11.3. The molecule has 2 aromatic carbocycles. The van der Waals surface area contributed by atoms with Crippen LogP contribution in [0.1, 0.15) is 4.88 Å². The SMILES string of the molecule is O=C(/C=C/c1ccc(-c2ccccc2)s1)Nc1ccc(NC(=O)CN2CCOCC2)cc1. The molecule has 1 saturated heterocycles. The fourth-order valence-electron chi connectivity index (χ4n) is 3.34. The third-order valence-electron chi connectivity index (χ3n) is 4.99. The van der Waals surface area contributed by atoms with Gasteiger partial charge in [0.2, 0.25) is 11.8 Å². The summed E-state index contributed by atoms with van der Waals surface area (Å²) in [6, 6.07) is 21.3. The largest absolute Gasteiger partial charge is 0.379 e. The van der Waals surface area contributed by atoms with Crippen molar-refractivity contribution in [1.82, 2.24) is 4.90 Å². The van der Waals surface area contributed by atoms with E-state index in [4.69, 9.17) is 4.74 Å². The summed E-state index contributed by atoms with van der Waals surface area (Å²) in [7, 11) is 0.